The maximum atomic E-state index is 12.8. The van der Waals surface area contributed by atoms with Gasteiger partial charge in [-0.25, -0.2) is 13.8 Å². The van der Waals surface area contributed by atoms with E-state index in [1.54, 1.807) is 18.2 Å². The largest absolute Gasteiger partial charge is 0.516 e. The van der Waals surface area contributed by atoms with Gasteiger partial charge in [0.15, 0.2) is 11.0 Å². The first-order chi connectivity index (χ1) is 24.7. The van der Waals surface area contributed by atoms with Crippen LogP contribution < -0.4 is 14.4 Å². The zero-order chi connectivity index (χ0) is 38.3. The average Bonchev–Trinajstić information content (AvgIpc) is 3.26. The fourth-order valence-electron chi connectivity index (χ4n) is 5.87. The van der Waals surface area contributed by atoms with Crippen molar-refractivity contribution < 1.29 is 42.3 Å². The number of rotatable bonds is 19. The van der Waals surface area contributed by atoms with Gasteiger partial charge in [-0.3, -0.25) is 9.52 Å². The smallest absolute Gasteiger partial charge is 0.491 e. The number of carbonyl (C=O) groups excluding carboxylic acids is 3. The highest BCUT2D eigenvalue weighted by Crippen LogP contribution is 2.38. The molecule has 0 saturated carbocycles. The van der Waals surface area contributed by atoms with Crippen molar-refractivity contribution in [3.8, 4) is 5.75 Å². The van der Waals surface area contributed by atoms with Crippen LogP contribution in [0.3, 0.4) is 0 Å². The molecule has 3 rings (SSSR count). The Morgan fingerprint density at radius 3 is 2.60 bits per heavy atom. The highest BCUT2D eigenvalue weighted by molar-refractivity contribution is 7.83. The van der Waals surface area contributed by atoms with Crippen molar-refractivity contribution in [1.82, 2.24) is 4.72 Å². The van der Waals surface area contributed by atoms with Gasteiger partial charge >= 0.3 is 12.1 Å². The van der Waals surface area contributed by atoms with E-state index in [-0.39, 0.29) is 30.0 Å². The van der Waals surface area contributed by atoms with Gasteiger partial charge in [0.1, 0.15) is 12.4 Å². The second-order valence-electron chi connectivity index (χ2n) is 14.2. The number of hydrogen-bond donors (Lipinski definition) is 1. The van der Waals surface area contributed by atoms with Crippen LogP contribution in [-0.2, 0) is 45.9 Å². The standard InChI is InChI=1S/C39H55ClN2O9S/c1-8-11-29-20-31(40)13-15-33(29)30-22-42(34-21-32(52(46)41-26-43)14-16-36(34)47-24-30)18-17-28(9-2)35(12-10-19-50-39(5,6)7)48-25-37(44)51-38(45)49-23-27(3)4/h10,12-16,20-21,26-28,30,35H,8-9,11,17-19,22-25H2,1-7H3,(H,41,43)/b12-10+. The highest BCUT2D eigenvalue weighted by atomic mass is 35.5. The topological polar surface area (TPSA) is 130 Å². The second-order valence-corrected chi connectivity index (χ2v) is 15.9. The van der Waals surface area contributed by atoms with Crippen molar-refractivity contribution in [3.63, 3.8) is 0 Å². The lowest BCUT2D eigenvalue weighted by Gasteiger charge is -2.31. The minimum absolute atomic E-state index is 0.0000485. The third-order valence-corrected chi connectivity index (χ3v) is 9.64. The number of anilines is 1. The molecule has 4 unspecified atom stereocenters. The molecule has 4 atom stereocenters. The Bertz CT molecular complexity index is 1530. The summed E-state index contributed by atoms with van der Waals surface area (Å²) in [6.45, 7) is 15.5. The summed E-state index contributed by atoms with van der Waals surface area (Å²) in [5.74, 6) is -0.159. The number of hydrogen-bond acceptors (Lipinski definition) is 10. The predicted molar refractivity (Wildman–Crippen MR) is 203 cm³/mol. The lowest BCUT2D eigenvalue weighted by Crippen LogP contribution is -2.34. The molecule has 0 spiro atoms. The van der Waals surface area contributed by atoms with E-state index in [9.17, 15) is 18.6 Å². The quantitative estimate of drug-likeness (QED) is 0.0663. The van der Waals surface area contributed by atoms with Crippen molar-refractivity contribution in [1.29, 1.82) is 0 Å². The summed E-state index contributed by atoms with van der Waals surface area (Å²) in [7, 11) is -1.74. The van der Waals surface area contributed by atoms with Gasteiger partial charge in [-0.1, -0.05) is 70.4 Å². The normalized spacial score (nSPS) is 16.4. The van der Waals surface area contributed by atoms with E-state index in [2.05, 4.69) is 29.5 Å². The van der Waals surface area contributed by atoms with E-state index < -0.39 is 35.8 Å². The molecule has 2 aromatic rings. The first-order valence-corrected chi connectivity index (χ1v) is 19.5. The number of carbonyl (C=O) groups is 3. The van der Waals surface area contributed by atoms with Gasteiger partial charge in [0.2, 0.25) is 6.41 Å². The zero-order valence-electron chi connectivity index (χ0n) is 31.5. The number of fused-ring (bicyclic) bond motifs is 1. The van der Waals surface area contributed by atoms with Crippen LogP contribution >= 0.6 is 11.6 Å². The Morgan fingerprint density at radius 1 is 1.15 bits per heavy atom. The molecule has 1 aliphatic rings. The number of aryl methyl sites for hydroxylation is 1. The molecule has 2 aromatic carbocycles. The summed E-state index contributed by atoms with van der Waals surface area (Å²) in [5, 5.41) is 0.686. The van der Waals surface area contributed by atoms with Gasteiger partial charge in [-0.2, -0.15) is 0 Å². The molecule has 0 radical (unpaired) electrons. The van der Waals surface area contributed by atoms with Crippen molar-refractivity contribution in [2.45, 2.75) is 96.7 Å². The van der Waals surface area contributed by atoms with E-state index in [1.165, 1.54) is 5.56 Å². The molecule has 0 aliphatic carbocycles. The molecule has 0 aromatic heterocycles. The van der Waals surface area contributed by atoms with Gasteiger partial charge in [0.25, 0.3) is 0 Å². The number of ether oxygens (including phenoxy) is 5. The van der Waals surface area contributed by atoms with Crippen LogP contribution in [0.4, 0.5) is 10.5 Å². The SMILES string of the molecule is CCCc1cc(Cl)ccc1C1COc2ccc(S(=O)NC=O)cc2N(CCC(CC)C(/C=C/COC(C)(C)C)OCC(=O)OC(=O)OCC(C)C)C1. The van der Waals surface area contributed by atoms with E-state index in [4.69, 9.17) is 35.3 Å². The van der Waals surface area contributed by atoms with Crippen LogP contribution in [0.1, 0.15) is 84.8 Å². The van der Waals surface area contributed by atoms with Crippen LogP contribution in [0.5, 0.6) is 5.75 Å². The van der Waals surface area contributed by atoms with Crippen LogP contribution in [0.15, 0.2) is 53.4 Å². The summed E-state index contributed by atoms with van der Waals surface area (Å²) in [6, 6.07) is 11.3. The fraction of sp³-hybridized carbons (Fsp3) is 0.564. The molecular weight excluding hydrogens is 708 g/mol. The van der Waals surface area contributed by atoms with E-state index in [0.717, 1.165) is 24.1 Å². The number of nitrogens with zero attached hydrogens (tertiary/aromatic N) is 1. The molecule has 52 heavy (non-hydrogen) atoms. The molecule has 0 fully saturated rings. The average molecular weight is 763 g/mol. The zero-order valence-corrected chi connectivity index (χ0v) is 33.1. The van der Waals surface area contributed by atoms with Crippen molar-refractivity contribution in [3.05, 3.63) is 64.7 Å². The molecule has 0 saturated heterocycles. The Kier molecular flexibility index (Phi) is 17.6. The van der Waals surface area contributed by atoms with E-state index in [1.807, 2.05) is 58.9 Å². The fourth-order valence-corrected chi connectivity index (χ4v) is 6.70. The summed E-state index contributed by atoms with van der Waals surface area (Å²) < 4.78 is 43.3. The monoisotopic (exact) mass is 762 g/mol. The number of halogens is 1. The predicted octanol–water partition coefficient (Wildman–Crippen LogP) is 7.55. The number of benzene rings is 2. The van der Waals surface area contributed by atoms with Crippen LogP contribution in [0.2, 0.25) is 5.02 Å². The lowest BCUT2D eigenvalue weighted by molar-refractivity contribution is -0.147. The third kappa shape index (κ3) is 14.2. The molecule has 13 heteroatoms. The summed E-state index contributed by atoms with van der Waals surface area (Å²) in [4.78, 5) is 38.3. The van der Waals surface area contributed by atoms with Crippen LogP contribution in [0.25, 0.3) is 0 Å². The maximum absolute atomic E-state index is 12.8. The molecule has 1 amide bonds. The molecule has 1 heterocycles. The van der Waals surface area contributed by atoms with Crippen LogP contribution in [0, 0.1) is 11.8 Å². The minimum atomic E-state index is -1.74. The van der Waals surface area contributed by atoms with E-state index in [0.29, 0.717) is 61.2 Å². The summed E-state index contributed by atoms with van der Waals surface area (Å²) in [5.41, 5.74) is 2.76. The first kappa shape index (κ1) is 43.0. The molecular formula is C39H55ClN2O9S. The van der Waals surface area contributed by atoms with Gasteiger partial charge in [0, 0.05) is 24.0 Å². The van der Waals surface area contributed by atoms with E-state index >= 15 is 0 Å². The lowest BCUT2D eigenvalue weighted by atomic mass is 9.91. The molecule has 288 valence electrons. The Labute approximate surface area is 316 Å². The summed E-state index contributed by atoms with van der Waals surface area (Å²) >= 11 is 6.41. The molecule has 1 N–H and O–H groups in total. The number of esters is 1. The van der Waals surface area contributed by atoms with Gasteiger partial charge in [0.05, 0.1) is 42.1 Å². The maximum Gasteiger partial charge on any atom is 0.516 e. The number of amides is 1. The Balaban J connectivity index is 1.90. The Hall–Kier alpha value is -3.45. The molecule has 11 nitrogen and oxygen atoms in total. The highest BCUT2D eigenvalue weighted by Gasteiger charge is 2.29. The van der Waals surface area contributed by atoms with Crippen molar-refractivity contribution in [2.24, 2.45) is 11.8 Å². The third-order valence-electron chi connectivity index (χ3n) is 8.41. The second kappa shape index (κ2) is 21.3. The molecule has 1 aliphatic heterocycles. The number of nitrogens with one attached hydrogen (secondary N) is 1. The van der Waals surface area contributed by atoms with Gasteiger partial charge in [-0.15, -0.1) is 0 Å². The Morgan fingerprint density at radius 2 is 1.92 bits per heavy atom. The molecule has 0 bridgehead atoms. The van der Waals surface area contributed by atoms with Crippen LogP contribution in [-0.4, -0.2) is 74.0 Å². The van der Waals surface area contributed by atoms with Gasteiger partial charge in [-0.05, 0) is 86.9 Å². The van der Waals surface area contributed by atoms with Crippen molar-refractivity contribution in [2.75, 3.05) is 44.4 Å². The first-order valence-electron chi connectivity index (χ1n) is 18.0. The van der Waals surface area contributed by atoms with Gasteiger partial charge < -0.3 is 28.6 Å². The summed E-state index contributed by atoms with van der Waals surface area (Å²) in [6.07, 6.45) is 5.82. The van der Waals surface area contributed by atoms with Crippen molar-refractivity contribution >= 4 is 46.8 Å². The minimum Gasteiger partial charge on any atom is -0.491 e.